The lowest BCUT2D eigenvalue weighted by molar-refractivity contribution is -0.122. The second-order valence-electron chi connectivity index (χ2n) is 6.13. The molecule has 0 aliphatic carbocycles. The van der Waals surface area contributed by atoms with E-state index in [0.29, 0.717) is 12.8 Å². The Labute approximate surface area is 125 Å². The van der Waals surface area contributed by atoms with E-state index in [2.05, 4.69) is 0 Å². The Morgan fingerprint density at radius 3 is 2.43 bits per heavy atom. The fourth-order valence-corrected chi connectivity index (χ4v) is 5.58. The lowest BCUT2D eigenvalue weighted by Gasteiger charge is -2.26. The molecule has 0 N–H and O–H groups in total. The highest BCUT2D eigenvalue weighted by molar-refractivity contribution is 7.86. The number of rotatable bonds is 3. The number of aryl methyl sites for hydroxylation is 1. The standard InChI is InChI=1S/C16H18F2O2S/c1-9-2-3-10(16(18)15(9)17)8-14(19)11-6-12-4-5-13(7-11)21(12)20/h2-3,11-13H,4-8H2,1H3. The molecule has 2 bridgehead atoms. The summed E-state index contributed by atoms with van der Waals surface area (Å²) >= 11 is 0. The summed E-state index contributed by atoms with van der Waals surface area (Å²) in [7, 11) is -0.800. The average Bonchev–Trinajstić information content (AvgIpc) is 2.68. The van der Waals surface area contributed by atoms with Gasteiger partial charge in [0.05, 0.1) is 0 Å². The van der Waals surface area contributed by atoms with Crippen LogP contribution in [0.25, 0.3) is 0 Å². The smallest absolute Gasteiger partial charge is 0.162 e. The van der Waals surface area contributed by atoms with Crippen LogP contribution in [0.2, 0.25) is 0 Å². The van der Waals surface area contributed by atoms with Crippen LogP contribution < -0.4 is 0 Å². The third-order valence-electron chi connectivity index (χ3n) is 4.74. The Hall–Kier alpha value is -1.10. The number of hydrogen-bond acceptors (Lipinski definition) is 2. The molecule has 2 heterocycles. The minimum atomic E-state index is -0.911. The van der Waals surface area contributed by atoms with Crippen LogP contribution in [0, 0.1) is 24.5 Å². The van der Waals surface area contributed by atoms with E-state index < -0.39 is 22.4 Å². The van der Waals surface area contributed by atoms with Gasteiger partial charge in [0.2, 0.25) is 0 Å². The first-order valence-electron chi connectivity index (χ1n) is 7.33. The molecule has 2 aliphatic rings. The number of benzene rings is 1. The first kappa shape index (κ1) is 14.8. The summed E-state index contributed by atoms with van der Waals surface area (Å²) in [6, 6.07) is 2.99. The van der Waals surface area contributed by atoms with E-state index in [9.17, 15) is 17.8 Å². The summed E-state index contributed by atoms with van der Waals surface area (Å²) in [6.07, 6.45) is 3.05. The summed E-state index contributed by atoms with van der Waals surface area (Å²) in [5.74, 6) is -1.98. The van der Waals surface area contributed by atoms with Gasteiger partial charge >= 0.3 is 0 Å². The van der Waals surface area contributed by atoms with Crippen LogP contribution in [-0.2, 0) is 22.0 Å². The van der Waals surface area contributed by atoms with Crippen molar-refractivity contribution in [1.82, 2.24) is 0 Å². The zero-order chi connectivity index (χ0) is 15.1. The first-order chi connectivity index (χ1) is 9.97. The van der Waals surface area contributed by atoms with Crippen molar-refractivity contribution in [2.75, 3.05) is 0 Å². The van der Waals surface area contributed by atoms with Crippen molar-refractivity contribution < 1.29 is 17.8 Å². The molecule has 2 atom stereocenters. The Morgan fingerprint density at radius 1 is 1.19 bits per heavy atom. The SMILES string of the molecule is Cc1ccc(CC(=O)C2CC3CCC(C2)S3=O)c(F)c1F. The largest absolute Gasteiger partial charge is 0.299 e. The van der Waals surface area contributed by atoms with Gasteiger partial charge in [0, 0.05) is 33.6 Å². The topological polar surface area (TPSA) is 34.1 Å². The second kappa shape index (κ2) is 5.59. The molecule has 5 heteroatoms. The third-order valence-corrected chi connectivity index (χ3v) is 6.91. The molecule has 1 aromatic rings. The van der Waals surface area contributed by atoms with E-state index in [0.717, 1.165) is 12.8 Å². The lowest BCUT2D eigenvalue weighted by atomic mass is 9.90. The Kier molecular flexibility index (Phi) is 3.95. The fraction of sp³-hybridized carbons (Fsp3) is 0.562. The second-order valence-corrected chi connectivity index (χ2v) is 8.12. The van der Waals surface area contributed by atoms with Crippen molar-refractivity contribution >= 4 is 16.6 Å². The van der Waals surface area contributed by atoms with Crippen LogP contribution in [0.3, 0.4) is 0 Å². The van der Waals surface area contributed by atoms with Gasteiger partial charge in [0.1, 0.15) is 5.78 Å². The molecular formula is C16H18F2O2S. The minimum Gasteiger partial charge on any atom is -0.299 e. The highest BCUT2D eigenvalue weighted by Crippen LogP contribution is 2.39. The number of fused-ring (bicyclic) bond motifs is 2. The van der Waals surface area contributed by atoms with Crippen molar-refractivity contribution in [3.05, 3.63) is 34.9 Å². The Bertz CT molecular complexity index is 599. The van der Waals surface area contributed by atoms with Crippen molar-refractivity contribution in [3.63, 3.8) is 0 Å². The predicted octanol–water partition coefficient (Wildman–Crippen LogP) is 3.07. The minimum absolute atomic E-state index is 0.0502. The molecule has 2 nitrogen and oxygen atoms in total. The maximum absolute atomic E-state index is 13.8. The summed E-state index contributed by atoms with van der Waals surface area (Å²) in [4.78, 5) is 12.4. The monoisotopic (exact) mass is 312 g/mol. The van der Waals surface area contributed by atoms with E-state index in [-0.39, 0.29) is 39.7 Å². The molecule has 21 heavy (non-hydrogen) atoms. The molecule has 0 amide bonds. The quantitative estimate of drug-likeness (QED) is 0.859. The summed E-state index contributed by atoms with van der Waals surface area (Å²) in [6.45, 7) is 1.50. The number of carbonyl (C=O) groups excluding carboxylic acids is 1. The van der Waals surface area contributed by atoms with Crippen molar-refractivity contribution in [2.45, 2.75) is 49.5 Å². The van der Waals surface area contributed by atoms with Crippen LogP contribution in [0.1, 0.15) is 36.8 Å². The van der Waals surface area contributed by atoms with Gasteiger partial charge in [0.15, 0.2) is 11.6 Å². The predicted molar refractivity (Wildman–Crippen MR) is 77.5 cm³/mol. The molecule has 0 radical (unpaired) electrons. The molecule has 0 spiro atoms. The van der Waals surface area contributed by atoms with E-state index in [1.165, 1.54) is 19.1 Å². The highest BCUT2D eigenvalue weighted by Gasteiger charge is 2.42. The van der Waals surface area contributed by atoms with Crippen molar-refractivity contribution in [3.8, 4) is 0 Å². The van der Waals surface area contributed by atoms with Gasteiger partial charge in [0.25, 0.3) is 0 Å². The molecule has 1 aromatic carbocycles. The Morgan fingerprint density at radius 2 is 1.81 bits per heavy atom. The maximum atomic E-state index is 13.8. The van der Waals surface area contributed by atoms with Gasteiger partial charge in [-0.05, 0) is 43.7 Å². The van der Waals surface area contributed by atoms with Crippen LogP contribution in [-0.4, -0.2) is 20.5 Å². The lowest BCUT2D eigenvalue weighted by Crippen LogP contribution is -2.33. The van der Waals surface area contributed by atoms with Gasteiger partial charge in [-0.2, -0.15) is 0 Å². The number of halogens is 2. The molecule has 114 valence electrons. The molecule has 2 unspecified atom stereocenters. The summed E-state index contributed by atoms with van der Waals surface area (Å²) in [5, 5.41) is 0.245. The molecule has 2 saturated heterocycles. The molecule has 0 saturated carbocycles. The van der Waals surface area contributed by atoms with Crippen molar-refractivity contribution in [2.24, 2.45) is 5.92 Å². The summed E-state index contributed by atoms with van der Waals surface area (Å²) < 4.78 is 39.3. The van der Waals surface area contributed by atoms with Crippen molar-refractivity contribution in [1.29, 1.82) is 0 Å². The van der Waals surface area contributed by atoms with Crippen LogP contribution in [0.5, 0.6) is 0 Å². The average molecular weight is 312 g/mol. The highest BCUT2D eigenvalue weighted by atomic mass is 32.2. The van der Waals surface area contributed by atoms with Gasteiger partial charge < -0.3 is 0 Å². The van der Waals surface area contributed by atoms with E-state index in [1.54, 1.807) is 0 Å². The normalized spacial score (nSPS) is 31.4. The zero-order valence-electron chi connectivity index (χ0n) is 11.9. The van der Waals surface area contributed by atoms with E-state index in [4.69, 9.17) is 0 Å². The Balaban J connectivity index is 1.73. The van der Waals surface area contributed by atoms with Gasteiger partial charge in [-0.3, -0.25) is 9.00 Å². The van der Waals surface area contributed by atoms with E-state index >= 15 is 0 Å². The first-order valence-corrected chi connectivity index (χ1v) is 8.60. The zero-order valence-corrected chi connectivity index (χ0v) is 12.7. The molecule has 3 rings (SSSR count). The molecule has 2 aliphatic heterocycles. The van der Waals surface area contributed by atoms with Gasteiger partial charge in [-0.25, -0.2) is 8.78 Å². The van der Waals surface area contributed by atoms with Crippen LogP contribution in [0.15, 0.2) is 12.1 Å². The number of carbonyl (C=O) groups is 1. The molecular weight excluding hydrogens is 294 g/mol. The van der Waals surface area contributed by atoms with E-state index in [1.807, 2.05) is 0 Å². The number of ketones is 1. The fourth-order valence-electron chi connectivity index (χ4n) is 3.45. The van der Waals surface area contributed by atoms with Gasteiger partial charge in [-0.1, -0.05) is 12.1 Å². The molecule has 2 fully saturated rings. The van der Waals surface area contributed by atoms with Crippen LogP contribution >= 0.6 is 0 Å². The van der Waals surface area contributed by atoms with Crippen LogP contribution in [0.4, 0.5) is 8.78 Å². The molecule has 0 aromatic heterocycles. The third kappa shape index (κ3) is 2.68. The number of Topliss-reactive ketones (excluding diaryl/α,β-unsaturated/α-hetero) is 1. The number of hydrogen-bond donors (Lipinski definition) is 0. The van der Waals surface area contributed by atoms with Gasteiger partial charge in [-0.15, -0.1) is 0 Å². The summed E-state index contributed by atoms with van der Waals surface area (Å²) in [5.41, 5.74) is 0.372. The maximum Gasteiger partial charge on any atom is 0.162 e.